The monoisotopic (exact) mass is 431 g/mol. The number of imidazole rings is 1. The maximum atomic E-state index is 12.5. The van der Waals surface area contributed by atoms with E-state index in [0.29, 0.717) is 36.8 Å². The number of benzene rings is 2. The molecule has 0 aliphatic carbocycles. The predicted molar refractivity (Wildman–Crippen MR) is 119 cm³/mol. The van der Waals surface area contributed by atoms with Crippen LogP contribution in [0.25, 0.3) is 22.4 Å². The first-order valence-electron chi connectivity index (χ1n) is 10.2. The van der Waals surface area contributed by atoms with Gasteiger partial charge >= 0.3 is 0 Å². The van der Waals surface area contributed by atoms with Crippen LogP contribution in [0.15, 0.2) is 41.3 Å². The van der Waals surface area contributed by atoms with Crippen LogP contribution in [-0.4, -0.2) is 49.6 Å². The molecule has 30 heavy (non-hydrogen) atoms. The second kappa shape index (κ2) is 9.06. The summed E-state index contributed by atoms with van der Waals surface area (Å²) >= 11 is 0. The fraction of sp³-hybridized carbons (Fsp3) is 0.409. The highest BCUT2D eigenvalue weighted by molar-refractivity contribution is 7.89. The summed E-state index contributed by atoms with van der Waals surface area (Å²) in [6.45, 7) is 7.88. The van der Waals surface area contributed by atoms with Crippen molar-refractivity contribution in [3.8, 4) is 22.9 Å². The fourth-order valence-corrected chi connectivity index (χ4v) is 4.19. The molecular weight excluding hydrogens is 402 g/mol. The van der Waals surface area contributed by atoms with Gasteiger partial charge in [-0.2, -0.15) is 0 Å². The molecule has 0 fully saturated rings. The minimum atomic E-state index is -3.52. The number of rotatable bonds is 9. The molecule has 0 saturated heterocycles. The van der Waals surface area contributed by atoms with Gasteiger partial charge in [0.15, 0.2) is 11.5 Å². The van der Waals surface area contributed by atoms with E-state index >= 15 is 0 Å². The van der Waals surface area contributed by atoms with Gasteiger partial charge < -0.3 is 14.0 Å². The van der Waals surface area contributed by atoms with Gasteiger partial charge in [-0.1, -0.05) is 6.92 Å². The quantitative estimate of drug-likeness (QED) is 0.509. The molecule has 162 valence electrons. The molecule has 7 nitrogen and oxygen atoms in total. The van der Waals surface area contributed by atoms with E-state index in [1.54, 1.807) is 12.1 Å². The molecule has 3 aromatic rings. The SMILES string of the molecule is CCCOc1ccc(-c2nc3cc(S(=O)(=O)N(C)C)ccc3n2CC)cc1OCC. The lowest BCUT2D eigenvalue weighted by atomic mass is 10.2. The van der Waals surface area contributed by atoms with Crippen LogP contribution >= 0.6 is 0 Å². The van der Waals surface area contributed by atoms with Crippen LogP contribution in [0.5, 0.6) is 11.5 Å². The summed E-state index contributed by atoms with van der Waals surface area (Å²) in [5, 5.41) is 0. The number of fused-ring (bicyclic) bond motifs is 1. The van der Waals surface area contributed by atoms with E-state index in [2.05, 4.69) is 11.5 Å². The molecule has 3 rings (SSSR count). The maximum Gasteiger partial charge on any atom is 0.242 e. The van der Waals surface area contributed by atoms with E-state index in [0.717, 1.165) is 23.3 Å². The standard InChI is InChI=1S/C22H29N3O4S/c1-6-13-29-20-12-9-16(14-21(20)28-8-3)22-23-18-15-17(30(26,27)24(4)5)10-11-19(18)25(22)7-2/h9-12,14-15H,6-8,13H2,1-5H3. The predicted octanol–water partition coefficient (Wildman–Crippen LogP) is 4.16. The number of ether oxygens (including phenoxy) is 2. The lowest BCUT2D eigenvalue weighted by Crippen LogP contribution is -2.22. The summed E-state index contributed by atoms with van der Waals surface area (Å²) < 4.78 is 39.9. The van der Waals surface area contributed by atoms with Crippen molar-refractivity contribution >= 4 is 21.1 Å². The Kier molecular flexibility index (Phi) is 6.67. The Morgan fingerprint density at radius 1 is 1.00 bits per heavy atom. The summed E-state index contributed by atoms with van der Waals surface area (Å²) in [6.07, 6.45) is 0.914. The minimum absolute atomic E-state index is 0.227. The Labute approximate surface area is 178 Å². The Bertz CT molecular complexity index is 1140. The van der Waals surface area contributed by atoms with Crippen molar-refractivity contribution in [2.75, 3.05) is 27.3 Å². The first-order valence-corrected chi connectivity index (χ1v) is 11.6. The van der Waals surface area contributed by atoms with E-state index in [4.69, 9.17) is 14.5 Å². The second-order valence-corrected chi connectivity index (χ2v) is 9.21. The zero-order valence-electron chi connectivity index (χ0n) is 18.2. The Morgan fingerprint density at radius 3 is 2.40 bits per heavy atom. The van der Waals surface area contributed by atoms with Crippen LogP contribution in [-0.2, 0) is 16.6 Å². The molecular formula is C22H29N3O4S. The smallest absolute Gasteiger partial charge is 0.242 e. The van der Waals surface area contributed by atoms with Gasteiger partial charge in [0, 0.05) is 26.2 Å². The number of nitrogens with zero attached hydrogens (tertiary/aromatic N) is 3. The minimum Gasteiger partial charge on any atom is -0.490 e. The molecule has 8 heteroatoms. The second-order valence-electron chi connectivity index (χ2n) is 7.06. The number of aromatic nitrogens is 2. The molecule has 0 unspecified atom stereocenters. The molecule has 0 aliphatic heterocycles. The summed E-state index contributed by atoms with van der Waals surface area (Å²) in [7, 11) is -0.483. The zero-order valence-corrected chi connectivity index (χ0v) is 19.0. The van der Waals surface area contributed by atoms with Gasteiger partial charge in [0.05, 0.1) is 29.1 Å². The first kappa shape index (κ1) is 22.1. The molecule has 0 aliphatic rings. The van der Waals surface area contributed by atoms with E-state index in [1.807, 2.05) is 38.1 Å². The normalized spacial score (nSPS) is 11.9. The van der Waals surface area contributed by atoms with Crippen molar-refractivity contribution < 1.29 is 17.9 Å². The lowest BCUT2D eigenvalue weighted by Gasteiger charge is -2.13. The van der Waals surface area contributed by atoms with Gasteiger partial charge in [-0.05, 0) is 56.7 Å². The highest BCUT2D eigenvalue weighted by Gasteiger charge is 2.20. The average Bonchev–Trinajstić information content (AvgIpc) is 3.10. The Morgan fingerprint density at radius 2 is 1.77 bits per heavy atom. The molecule has 0 saturated carbocycles. The highest BCUT2D eigenvalue weighted by Crippen LogP contribution is 2.34. The zero-order chi connectivity index (χ0) is 21.9. The summed E-state index contributed by atoms with van der Waals surface area (Å²) in [5.41, 5.74) is 2.41. The third-order valence-electron chi connectivity index (χ3n) is 4.78. The van der Waals surface area contributed by atoms with Gasteiger partial charge in [-0.3, -0.25) is 0 Å². The molecule has 0 amide bonds. The fourth-order valence-electron chi connectivity index (χ4n) is 3.27. The van der Waals surface area contributed by atoms with Gasteiger partial charge in [-0.25, -0.2) is 17.7 Å². The maximum absolute atomic E-state index is 12.5. The van der Waals surface area contributed by atoms with E-state index in [1.165, 1.54) is 18.4 Å². The van der Waals surface area contributed by atoms with Crippen molar-refractivity contribution in [3.05, 3.63) is 36.4 Å². The summed E-state index contributed by atoms with van der Waals surface area (Å²) in [4.78, 5) is 4.99. The third-order valence-corrected chi connectivity index (χ3v) is 6.59. The van der Waals surface area contributed by atoms with Crippen molar-refractivity contribution in [2.24, 2.45) is 0 Å². The van der Waals surface area contributed by atoms with Crippen molar-refractivity contribution in [1.29, 1.82) is 0 Å². The summed E-state index contributed by atoms with van der Waals surface area (Å²) in [6, 6.07) is 10.9. The number of hydrogen-bond acceptors (Lipinski definition) is 5. The van der Waals surface area contributed by atoms with Crippen LogP contribution in [0.1, 0.15) is 27.2 Å². The molecule has 1 heterocycles. The van der Waals surface area contributed by atoms with E-state index < -0.39 is 10.0 Å². The van der Waals surface area contributed by atoms with Gasteiger partial charge in [-0.15, -0.1) is 0 Å². The van der Waals surface area contributed by atoms with Crippen LogP contribution < -0.4 is 9.47 Å². The molecule has 1 aromatic heterocycles. The number of aryl methyl sites for hydroxylation is 1. The molecule has 0 N–H and O–H groups in total. The number of hydrogen-bond donors (Lipinski definition) is 0. The molecule has 0 atom stereocenters. The van der Waals surface area contributed by atoms with E-state index in [9.17, 15) is 8.42 Å². The van der Waals surface area contributed by atoms with Gasteiger partial charge in [0.25, 0.3) is 0 Å². The van der Waals surface area contributed by atoms with Gasteiger partial charge in [0.2, 0.25) is 10.0 Å². The van der Waals surface area contributed by atoms with Crippen molar-refractivity contribution in [3.63, 3.8) is 0 Å². The van der Waals surface area contributed by atoms with Gasteiger partial charge in [0.1, 0.15) is 5.82 Å². The Hall–Kier alpha value is -2.58. The Balaban J connectivity index is 2.12. The lowest BCUT2D eigenvalue weighted by molar-refractivity contribution is 0.277. The number of sulfonamides is 1. The summed E-state index contributed by atoms with van der Waals surface area (Å²) in [5.74, 6) is 2.14. The average molecular weight is 432 g/mol. The molecule has 0 radical (unpaired) electrons. The van der Waals surface area contributed by atoms with Crippen LogP contribution in [0.4, 0.5) is 0 Å². The van der Waals surface area contributed by atoms with Crippen LogP contribution in [0.3, 0.4) is 0 Å². The molecule has 0 spiro atoms. The molecule has 2 aromatic carbocycles. The molecule has 0 bridgehead atoms. The van der Waals surface area contributed by atoms with Crippen LogP contribution in [0, 0.1) is 0 Å². The first-order chi connectivity index (χ1) is 14.3. The third kappa shape index (κ3) is 4.15. The van der Waals surface area contributed by atoms with Crippen LogP contribution in [0.2, 0.25) is 0 Å². The van der Waals surface area contributed by atoms with Crippen molar-refractivity contribution in [2.45, 2.75) is 38.6 Å². The van der Waals surface area contributed by atoms with E-state index in [-0.39, 0.29) is 4.90 Å². The largest absolute Gasteiger partial charge is 0.490 e. The topological polar surface area (TPSA) is 73.7 Å². The van der Waals surface area contributed by atoms with Crippen molar-refractivity contribution in [1.82, 2.24) is 13.9 Å². The highest BCUT2D eigenvalue weighted by atomic mass is 32.2.